The second-order valence-corrected chi connectivity index (χ2v) is 7.20. The standard InChI is InChI=1S/C22H26N4O3/c1-2-3-12-26-15-18(13-20(26)27)22(29)25-19-6-4-17(5-7-19)21(28)24-14-16-8-10-23-11-9-16/h4-11,18H,2-3,12-15H2,1H3,(H,24,28)(H,25,29). The monoisotopic (exact) mass is 394 g/mol. The van der Waals surface area contributed by atoms with Gasteiger partial charge in [0.25, 0.3) is 5.91 Å². The molecule has 1 aromatic heterocycles. The Kier molecular flexibility index (Phi) is 6.94. The largest absolute Gasteiger partial charge is 0.348 e. The number of likely N-dealkylation sites (tertiary alicyclic amines) is 1. The number of nitrogens with zero attached hydrogens (tertiary/aromatic N) is 2. The van der Waals surface area contributed by atoms with Gasteiger partial charge in [-0.2, -0.15) is 0 Å². The third-order valence-electron chi connectivity index (χ3n) is 4.98. The quantitative estimate of drug-likeness (QED) is 0.720. The molecule has 1 fully saturated rings. The van der Waals surface area contributed by atoms with Crippen LogP contribution in [0.2, 0.25) is 0 Å². The van der Waals surface area contributed by atoms with E-state index in [4.69, 9.17) is 0 Å². The molecule has 0 aliphatic carbocycles. The van der Waals surface area contributed by atoms with E-state index < -0.39 is 0 Å². The Morgan fingerprint density at radius 3 is 2.55 bits per heavy atom. The summed E-state index contributed by atoms with van der Waals surface area (Å²) in [4.78, 5) is 42.5. The normalized spacial score (nSPS) is 16.0. The second kappa shape index (κ2) is 9.82. The summed E-state index contributed by atoms with van der Waals surface area (Å²) in [7, 11) is 0. The van der Waals surface area contributed by atoms with E-state index in [9.17, 15) is 14.4 Å². The summed E-state index contributed by atoms with van der Waals surface area (Å²) in [6.45, 7) is 3.68. The lowest BCUT2D eigenvalue weighted by Crippen LogP contribution is -2.29. The zero-order chi connectivity index (χ0) is 20.6. The number of nitrogens with one attached hydrogen (secondary N) is 2. The van der Waals surface area contributed by atoms with Gasteiger partial charge >= 0.3 is 0 Å². The number of unbranched alkanes of at least 4 members (excludes halogenated alkanes) is 1. The maximum absolute atomic E-state index is 12.5. The van der Waals surface area contributed by atoms with Crippen molar-refractivity contribution in [3.63, 3.8) is 0 Å². The molecule has 2 heterocycles. The van der Waals surface area contributed by atoms with E-state index in [0.29, 0.717) is 30.9 Å². The molecule has 0 saturated carbocycles. The predicted molar refractivity (Wildman–Crippen MR) is 110 cm³/mol. The first-order chi connectivity index (χ1) is 14.1. The average molecular weight is 394 g/mol. The fourth-order valence-electron chi connectivity index (χ4n) is 3.25. The Labute approximate surface area is 170 Å². The summed E-state index contributed by atoms with van der Waals surface area (Å²) in [5.74, 6) is -0.637. The van der Waals surface area contributed by atoms with Crippen molar-refractivity contribution in [3.8, 4) is 0 Å². The van der Waals surface area contributed by atoms with Crippen LogP contribution >= 0.6 is 0 Å². The third-order valence-corrected chi connectivity index (χ3v) is 4.98. The summed E-state index contributed by atoms with van der Waals surface area (Å²) >= 11 is 0. The molecule has 1 aromatic carbocycles. The predicted octanol–water partition coefficient (Wildman–Crippen LogP) is 2.60. The number of hydrogen-bond donors (Lipinski definition) is 2. The van der Waals surface area contributed by atoms with Crippen LogP contribution in [0.25, 0.3) is 0 Å². The van der Waals surface area contributed by atoms with Crippen LogP contribution in [-0.4, -0.2) is 40.7 Å². The highest BCUT2D eigenvalue weighted by atomic mass is 16.2. The Bertz CT molecular complexity index is 852. The van der Waals surface area contributed by atoms with E-state index in [1.165, 1.54) is 0 Å². The molecule has 7 heteroatoms. The van der Waals surface area contributed by atoms with Gasteiger partial charge in [-0.3, -0.25) is 19.4 Å². The van der Waals surface area contributed by atoms with Crippen molar-refractivity contribution in [2.45, 2.75) is 32.7 Å². The molecule has 2 aromatic rings. The lowest BCUT2D eigenvalue weighted by atomic mass is 10.1. The van der Waals surface area contributed by atoms with Gasteiger partial charge in [-0.25, -0.2) is 0 Å². The van der Waals surface area contributed by atoms with Gasteiger partial charge in [0.1, 0.15) is 0 Å². The number of aromatic nitrogens is 1. The Balaban J connectivity index is 1.50. The lowest BCUT2D eigenvalue weighted by molar-refractivity contribution is -0.128. The van der Waals surface area contributed by atoms with Crippen molar-refractivity contribution < 1.29 is 14.4 Å². The van der Waals surface area contributed by atoms with Crippen LogP contribution in [0.1, 0.15) is 42.1 Å². The number of carbonyl (C=O) groups is 3. The maximum atomic E-state index is 12.5. The van der Waals surface area contributed by atoms with Crippen LogP contribution in [0.4, 0.5) is 5.69 Å². The molecule has 29 heavy (non-hydrogen) atoms. The molecule has 0 radical (unpaired) electrons. The minimum absolute atomic E-state index is 0.0415. The minimum atomic E-state index is -0.331. The van der Waals surface area contributed by atoms with Crippen LogP contribution in [0.15, 0.2) is 48.8 Å². The number of hydrogen-bond acceptors (Lipinski definition) is 4. The molecule has 1 atom stereocenters. The van der Waals surface area contributed by atoms with Crippen LogP contribution in [0.5, 0.6) is 0 Å². The van der Waals surface area contributed by atoms with Gasteiger partial charge in [0.2, 0.25) is 11.8 Å². The van der Waals surface area contributed by atoms with E-state index in [1.54, 1.807) is 41.6 Å². The Morgan fingerprint density at radius 1 is 1.14 bits per heavy atom. The van der Waals surface area contributed by atoms with Gasteiger partial charge in [0.15, 0.2) is 0 Å². The van der Waals surface area contributed by atoms with Crippen molar-refractivity contribution >= 4 is 23.4 Å². The Hall–Kier alpha value is -3.22. The van der Waals surface area contributed by atoms with Crippen molar-refractivity contribution in [2.75, 3.05) is 18.4 Å². The molecule has 3 amide bonds. The first kappa shape index (κ1) is 20.5. The highest BCUT2D eigenvalue weighted by Gasteiger charge is 2.33. The van der Waals surface area contributed by atoms with Gasteiger partial charge in [0.05, 0.1) is 5.92 Å². The fraction of sp³-hybridized carbons (Fsp3) is 0.364. The molecule has 1 aliphatic heterocycles. The van der Waals surface area contributed by atoms with Crippen LogP contribution in [0.3, 0.4) is 0 Å². The smallest absolute Gasteiger partial charge is 0.251 e. The van der Waals surface area contributed by atoms with Gasteiger partial charge in [-0.15, -0.1) is 0 Å². The van der Waals surface area contributed by atoms with Gasteiger partial charge in [-0.1, -0.05) is 13.3 Å². The zero-order valence-corrected chi connectivity index (χ0v) is 16.6. The summed E-state index contributed by atoms with van der Waals surface area (Å²) in [6, 6.07) is 10.4. The third kappa shape index (κ3) is 5.63. The van der Waals surface area contributed by atoms with Crippen LogP contribution < -0.4 is 10.6 Å². The molecule has 1 unspecified atom stereocenters. The highest BCUT2D eigenvalue weighted by Crippen LogP contribution is 2.20. The number of carbonyl (C=O) groups excluding carboxylic acids is 3. The van der Waals surface area contributed by atoms with Gasteiger partial charge in [0, 0.05) is 49.7 Å². The van der Waals surface area contributed by atoms with Gasteiger partial charge < -0.3 is 15.5 Å². The van der Waals surface area contributed by atoms with E-state index in [0.717, 1.165) is 18.4 Å². The van der Waals surface area contributed by atoms with Crippen LogP contribution in [-0.2, 0) is 16.1 Å². The summed E-state index contributed by atoms with van der Waals surface area (Å²) in [5.41, 5.74) is 2.09. The lowest BCUT2D eigenvalue weighted by Gasteiger charge is -2.16. The second-order valence-electron chi connectivity index (χ2n) is 7.20. The average Bonchev–Trinajstić information content (AvgIpc) is 3.12. The first-order valence-electron chi connectivity index (χ1n) is 9.92. The molecule has 0 bridgehead atoms. The van der Waals surface area contributed by atoms with E-state index in [-0.39, 0.29) is 30.1 Å². The summed E-state index contributed by atoms with van der Waals surface area (Å²) in [5, 5.41) is 5.70. The molecular formula is C22H26N4O3. The molecular weight excluding hydrogens is 368 g/mol. The number of benzene rings is 1. The van der Waals surface area contributed by atoms with Crippen molar-refractivity contribution in [1.82, 2.24) is 15.2 Å². The van der Waals surface area contributed by atoms with E-state index >= 15 is 0 Å². The number of amides is 3. The van der Waals surface area contributed by atoms with Crippen molar-refractivity contribution in [1.29, 1.82) is 0 Å². The summed E-state index contributed by atoms with van der Waals surface area (Å²) in [6.07, 6.45) is 5.58. The minimum Gasteiger partial charge on any atom is -0.348 e. The molecule has 1 aliphatic rings. The molecule has 7 nitrogen and oxygen atoms in total. The van der Waals surface area contributed by atoms with Crippen molar-refractivity contribution in [2.24, 2.45) is 5.92 Å². The number of rotatable bonds is 8. The zero-order valence-electron chi connectivity index (χ0n) is 16.6. The first-order valence-corrected chi connectivity index (χ1v) is 9.92. The number of anilines is 1. The van der Waals surface area contributed by atoms with E-state index in [1.807, 2.05) is 12.1 Å². The maximum Gasteiger partial charge on any atom is 0.251 e. The number of pyridine rings is 1. The highest BCUT2D eigenvalue weighted by molar-refractivity contribution is 5.98. The molecule has 152 valence electrons. The molecule has 0 spiro atoms. The van der Waals surface area contributed by atoms with Gasteiger partial charge in [-0.05, 0) is 48.4 Å². The topological polar surface area (TPSA) is 91.4 Å². The fourth-order valence-corrected chi connectivity index (χ4v) is 3.25. The molecule has 2 N–H and O–H groups in total. The SMILES string of the molecule is CCCCN1CC(C(=O)Nc2ccc(C(=O)NCc3ccncc3)cc2)CC1=O. The molecule has 3 rings (SSSR count). The van der Waals surface area contributed by atoms with Crippen LogP contribution in [0, 0.1) is 5.92 Å². The van der Waals surface area contributed by atoms with Crippen molar-refractivity contribution in [3.05, 3.63) is 59.9 Å². The Morgan fingerprint density at radius 2 is 1.86 bits per heavy atom. The molecule has 1 saturated heterocycles. The van der Waals surface area contributed by atoms with E-state index in [2.05, 4.69) is 22.5 Å². The summed E-state index contributed by atoms with van der Waals surface area (Å²) < 4.78 is 0.